The van der Waals surface area contributed by atoms with E-state index in [1.165, 1.54) is 0 Å². The third-order valence-corrected chi connectivity index (χ3v) is 3.82. The standard InChI is InChI=1S/C12H18N2O3S/c1-4-11(12(13)15)14(18(3,16)17)10-7-5-9(2)6-8-10/h5-8,11H,4H2,1-3H3,(H2,13,15)/t11-/m0/s1. The molecule has 0 saturated heterocycles. The van der Waals surface area contributed by atoms with Crippen LogP contribution in [-0.4, -0.2) is 26.6 Å². The second-order valence-electron chi connectivity index (χ2n) is 4.22. The summed E-state index contributed by atoms with van der Waals surface area (Å²) in [5, 5.41) is 0. The van der Waals surface area contributed by atoms with Gasteiger partial charge >= 0.3 is 0 Å². The van der Waals surface area contributed by atoms with E-state index in [2.05, 4.69) is 0 Å². The molecule has 0 spiro atoms. The van der Waals surface area contributed by atoms with Gasteiger partial charge < -0.3 is 5.73 Å². The number of amides is 1. The van der Waals surface area contributed by atoms with Gasteiger partial charge in [0.05, 0.1) is 11.9 Å². The topological polar surface area (TPSA) is 80.5 Å². The van der Waals surface area contributed by atoms with E-state index in [-0.39, 0.29) is 0 Å². The number of primary amides is 1. The molecule has 0 radical (unpaired) electrons. The molecule has 5 nitrogen and oxygen atoms in total. The molecular formula is C12H18N2O3S. The van der Waals surface area contributed by atoms with Crippen molar-refractivity contribution in [2.75, 3.05) is 10.6 Å². The van der Waals surface area contributed by atoms with Gasteiger partial charge in [0.25, 0.3) is 0 Å². The average molecular weight is 270 g/mol. The summed E-state index contributed by atoms with van der Waals surface area (Å²) in [6, 6.07) is 6.06. The first-order chi connectivity index (χ1) is 8.27. The van der Waals surface area contributed by atoms with Crippen molar-refractivity contribution in [1.29, 1.82) is 0 Å². The third kappa shape index (κ3) is 3.22. The minimum Gasteiger partial charge on any atom is -0.368 e. The molecule has 0 aromatic heterocycles. The first kappa shape index (κ1) is 14.5. The lowest BCUT2D eigenvalue weighted by Crippen LogP contribution is -2.47. The van der Waals surface area contributed by atoms with Crippen LogP contribution in [0.3, 0.4) is 0 Å². The van der Waals surface area contributed by atoms with Crippen LogP contribution in [0.4, 0.5) is 5.69 Å². The van der Waals surface area contributed by atoms with Crippen molar-refractivity contribution in [3.05, 3.63) is 29.8 Å². The number of rotatable bonds is 5. The average Bonchev–Trinajstić information content (AvgIpc) is 2.25. The van der Waals surface area contributed by atoms with Crippen molar-refractivity contribution in [2.24, 2.45) is 5.73 Å². The van der Waals surface area contributed by atoms with E-state index in [9.17, 15) is 13.2 Å². The molecule has 100 valence electrons. The summed E-state index contributed by atoms with van der Waals surface area (Å²) < 4.78 is 24.8. The molecule has 1 amide bonds. The molecule has 6 heteroatoms. The molecular weight excluding hydrogens is 252 g/mol. The van der Waals surface area contributed by atoms with Crippen molar-refractivity contribution in [3.8, 4) is 0 Å². The van der Waals surface area contributed by atoms with Crippen LogP contribution >= 0.6 is 0 Å². The fourth-order valence-corrected chi connectivity index (χ4v) is 3.00. The van der Waals surface area contributed by atoms with Gasteiger partial charge in [-0.25, -0.2) is 8.42 Å². The fraction of sp³-hybridized carbons (Fsp3) is 0.417. The number of aryl methyl sites for hydroxylation is 1. The molecule has 1 rings (SSSR count). The minimum absolute atomic E-state index is 0.330. The third-order valence-electron chi connectivity index (χ3n) is 2.64. The highest BCUT2D eigenvalue weighted by Gasteiger charge is 2.29. The SMILES string of the molecule is CC[C@@H](C(N)=O)N(c1ccc(C)cc1)S(C)(=O)=O. The highest BCUT2D eigenvalue weighted by Crippen LogP contribution is 2.22. The number of carbonyl (C=O) groups excluding carboxylic acids is 1. The zero-order valence-corrected chi connectivity index (χ0v) is 11.6. The van der Waals surface area contributed by atoms with Crippen molar-refractivity contribution in [2.45, 2.75) is 26.3 Å². The summed E-state index contributed by atoms with van der Waals surface area (Å²) in [6.07, 6.45) is 1.40. The van der Waals surface area contributed by atoms with Crippen molar-refractivity contribution >= 4 is 21.6 Å². The molecule has 0 bridgehead atoms. The summed E-state index contributed by atoms with van der Waals surface area (Å²) in [4.78, 5) is 11.4. The lowest BCUT2D eigenvalue weighted by molar-refractivity contribution is -0.119. The Kier molecular flexibility index (Phi) is 4.34. The Morgan fingerprint density at radius 1 is 1.33 bits per heavy atom. The van der Waals surface area contributed by atoms with Crippen LogP contribution < -0.4 is 10.0 Å². The Labute approximate surface area is 108 Å². The summed E-state index contributed by atoms with van der Waals surface area (Å²) in [7, 11) is -3.55. The Bertz CT molecular complexity index is 523. The second-order valence-corrected chi connectivity index (χ2v) is 6.08. The van der Waals surface area contributed by atoms with Gasteiger partial charge in [-0.15, -0.1) is 0 Å². The van der Waals surface area contributed by atoms with E-state index in [0.29, 0.717) is 12.1 Å². The number of nitrogens with zero attached hydrogens (tertiary/aromatic N) is 1. The molecule has 0 saturated carbocycles. The smallest absolute Gasteiger partial charge is 0.241 e. The molecule has 1 atom stereocenters. The van der Waals surface area contributed by atoms with Gasteiger partial charge in [0.15, 0.2) is 0 Å². The molecule has 0 fully saturated rings. The molecule has 0 aliphatic carbocycles. The van der Waals surface area contributed by atoms with Gasteiger partial charge in [-0.1, -0.05) is 24.6 Å². The Morgan fingerprint density at radius 3 is 2.17 bits per heavy atom. The summed E-state index contributed by atoms with van der Waals surface area (Å²) in [5.74, 6) is -0.650. The van der Waals surface area contributed by atoms with Crippen LogP contribution in [0.15, 0.2) is 24.3 Å². The van der Waals surface area contributed by atoms with Crippen molar-refractivity contribution in [1.82, 2.24) is 0 Å². The van der Waals surface area contributed by atoms with Crippen LogP contribution in [0.2, 0.25) is 0 Å². The molecule has 2 N–H and O–H groups in total. The van der Waals surface area contributed by atoms with Crippen LogP contribution in [0.1, 0.15) is 18.9 Å². The normalized spacial score (nSPS) is 13.1. The molecule has 0 aliphatic heterocycles. The Morgan fingerprint density at radius 2 is 1.83 bits per heavy atom. The van der Waals surface area contributed by atoms with Gasteiger partial charge in [-0.3, -0.25) is 9.10 Å². The lowest BCUT2D eigenvalue weighted by Gasteiger charge is -2.28. The molecule has 0 aliphatic rings. The zero-order chi connectivity index (χ0) is 13.9. The lowest BCUT2D eigenvalue weighted by atomic mass is 10.1. The maximum absolute atomic E-state index is 11.8. The number of carbonyl (C=O) groups is 1. The van der Waals surface area contributed by atoms with Crippen LogP contribution in [-0.2, 0) is 14.8 Å². The predicted octanol–water partition coefficient (Wildman–Crippen LogP) is 1.02. The largest absolute Gasteiger partial charge is 0.368 e. The van der Waals surface area contributed by atoms with Gasteiger partial charge in [-0.2, -0.15) is 0 Å². The monoisotopic (exact) mass is 270 g/mol. The number of nitrogens with two attached hydrogens (primary N) is 1. The predicted molar refractivity (Wildman–Crippen MR) is 71.8 cm³/mol. The number of anilines is 1. The highest BCUT2D eigenvalue weighted by molar-refractivity contribution is 7.92. The maximum Gasteiger partial charge on any atom is 0.241 e. The van der Waals surface area contributed by atoms with E-state index >= 15 is 0 Å². The zero-order valence-electron chi connectivity index (χ0n) is 10.8. The van der Waals surface area contributed by atoms with Crippen LogP contribution in [0, 0.1) is 6.92 Å². The van der Waals surface area contributed by atoms with Crippen LogP contribution in [0.5, 0.6) is 0 Å². The van der Waals surface area contributed by atoms with Gasteiger partial charge in [0.2, 0.25) is 15.9 Å². The molecule has 1 aromatic carbocycles. The van der Waals surface area contributed by atoms with E-state index in [4.69, 9.17) is 5.73 Å². The summed E-state index contributed by atoms with van der Waals surface area (Å²) >= 11 is 0. The molecule has 1 aromatic rings. The van der Waals surface area contributed by atoms with Crippen LogP contribution in [0.25, 0.3) is 0 Å². The number of hydrogen-bond donors (Lipinski definition) is 1. The fourth-order valence-electron chi connectivity index (χ4n) is 1.78. The van der Waals surface area contributed by atoms with E-state index in [1.807, 2.05) is 6.92 Å². The van der Waals surface area contributed by atoms with E-state index in [1.54, 1.807) is 31.2 Å². The quantitative estimate of drug-likeness (QED) is 0.867. The number of benzene rings is 1. The van der Waals surface area contributed by atoms with Crippen molar-refractivity contribution < 1.29 is 13.2 Å². The number of hydrogen-bond acceptors (Lipinski definition) is 3. The molecule has 0 heterocycles. The Balaban J connectivity index is 3.30. The van der Waals surface area contributed by atoms with Gasteiger partial charge in [0.1, 0.15) is 6.04 Å². The Hall–Kier alpha value is -1.56. The number of sulfonamides is 1. The second kappa shape index (κ2) is 5.39. The minimum atomic E-state index is -3.55. The summed E-state index contributed by atoms with van der Waals surface area (Å²) in [5.41, 5.74) is 6.73. The molecule has 0 unspecified atom stereocenters. The van der Waals surface area contributed by atoms with E-state index in [0.717, 1.165) is 16.1 Å². The van der Waals surface area contributed by atoms with E-state index < -0.39 is 22.0 Å². The maximum atomic E-state index is 11.8. The van der Waals surface area contributed by atoms with Gasteiger partial charge in [-0.05, 0) is 25.5 Å². The van der Waals surface area contributed by atoms with Crippen molar-refractivity contribution in [3.63, 3.8) is 0 Å². The first-order valence-electron chi connectivity index (χ1n) is 5.62. The first-order valence-corrected chi connectivity index (χ1v) is 7.47. The molecule has 18 heavy (non-hydrogen) atoms. The summed E-state index contributed by atoms with van der Waals surface area (Å²) in [6.45, 7) is 3.63. The highest BCUT2D eigenvalue weighted by atomic mass is 32.2. The van der Waals surface area contributed by atoms with Gasteiger partial charge in [0, 0.05) is 0 Å².